The smallest absolute Gasteiger partial charge is 0.227 e. The Kier molecular flexibility index (Phi) is 5.55. The second-order valence-electron chi connectivity index (χ2n) is 6.62. The van der Waals surface area contributed by atoms with Gasteiger partial charge >= 0.3 is 0 Å². The number of likely N-dealkylation sites (tertiary alicyclic amines) is 1. The van der Waals surface area contributed by atoms with E-state index in [1.807, 2.05) is 4.90 Å². The Bertz CT molecular complexity index is 612. The number of aromatic hydroxyl groups is 1. The van der Waals surface area contributed by atoms with E-state index in [1.165, 1.54) is 12.1 Å². The Morgan fingerprint density at radius 1 is 1.21 bits per heavy atom. The highest BCUT2D eigenvalue weighted by atomic mass is 35.5. The maximum atomic E-state index is 12.4. The molecule has 1 aromatic rings. The molecule has 0 radical (unpaired) electrons. The third-order valence-electron chi connectivity index (χ3n) is 5.10. The van der Waals surface area contributed by atoms with Crippen LogP contribution in [0.3, 0.4) is 0 Å². The van der Waals surface area contributed by atoms with E-state index in [9.17, 15) is 15.0 Å². The van der Waals surface area contributed by atoms with E-state index in [1.54, 1.807) is 0 Å². The summed E-state index contributed by atoms with van der Waals surface area (Å²) in [6.45, 7) is 2.94. The van der Waals surface area contributed by atoms with Crippen molar-refractivity contribution in [3.8, 4) is 5.75 Å². The number of hydrogen-bond acceptors (Lipinski definition) is 4. The molecule has 3 rings (SSSR count). The average molecular weight is 373 g/mol. The number of nitrogens with one attached hydrogen (secondary N) is 1. The first kappa shape index (κ1) is 17.8. The van der Waals surface area contributed by atoms with Crippen LogP contribution in [-0.4, -0.2) is 47.2 Å². The van der Waals surface area contributed by atoms with Crippen molar-refractivity contribution in [3.63, 3.8) is 0 Å². The highest BCUT2D eigenvalue weighted by Gasteiger charge is 2.33. The largest absolute Gasteiger partial charge is 0.508 e. The summed E-state index contributed by atoms with van der Waals surface area (Å²) in [5.41, 5.74) is 0.397. The first-order valence-corrected chi connectivity index (χ1v) is 9.08. The predicted molar refractivity (Wildman–Crippen MR) is 93.4 cm³/mol. The van der Waals surface area contributed by atoms with Gasteiger partial charge in [0.1, 0.15) is 5.75 Å². The zero-order valence-corrected chi connectivity index (χ0v) is 14.9. The number of benzene rings is 1. The van der Waals surface area contributed by atoms with E-state index in [0.29, 0.717) is 36.5 Å². The van der Waals surface area contributed by atoms with Crippen LogP contribution in [0.1, 0.15) is 30.9 Å². The molecule has 2 atom stereocenters. The number of aliphatic hydroxyl groups is 1. The first-order valence-electron chi connectivity index (χ1n) is 8.33. The molecular formula is C17H22Cl2N2O3. The van der Waals surface area contributed by atoms with Crippen molar-refractivity contribution in [2.45, 2.75) is 25.4 Å². The van der Waals surface area contributed by atoms with Gasteiger partial charge in [0.25, 0.3) is 0 Å². The molecule has 24 heavy (non-hydrogen) atoms. The fraction of sp³-hybridized carbons (Fsp3) is 0.588. The monoisotopic (exact) mass is 372 g/mol. The van der Waals surface area contributed by atoms with E-state index >= 15 is 0 Å². The molecule has 7 heteroatoms. The van der Waals surface area contributed by atoms with Gasteiger partial charge in [-0.3, -0.25) is 4.79 Å². The molecule has 5 nitrogen and oxygen atoms in total. The number of halogens is 2. The Balaban J connectivity index is 1.62. The molecule has 2 fully saturated rings. The first-order chi connectivity index (χ1) is 11.5. The Hall–Kier alpha value is -1.01. The van der Waals surface area contributed by atoms with E-state index in [-0.39, 0.29) is 28.5 Å². The number of carbonyl (C=O) groups excluding carboxylic acids is 1. The number of carbonyl (C=O) groups is 1. The number of phenols is 1. The highest BCUT2D eigenvalue weighted by Crippen LogP contribution is 2.39. The maximum Gasteiger partial charge on any atom is 0.227 e. The fourth-order valence-electron chi connectivity index (χ4n) is 3.60. The van der Waals surface area contributed by atoms with Crippen LogP contribution in [0.15, 0.2) is 12.1 Å². The van der Waals surface area contributed by atoms with Crippen LogP contribution in [0.25, 0.3) is 0 Å². The quantitative estimate of drug-likeness (QED) is 0.762. The van der Waals surface area contributed by atoms with Crippen molar-refractivity contribution < 1.29 is 15.0 Å². The average Bonchev–Trinajstić information content (AvgIpc) is 3.11. The molecule has 0 spiro atoms. The van der Waals surface area contributed by atoms with Gasteiger partial charge < -0.3 is 20.4 Å². The number of nitrogens with zero attached hydrogens (tertiary/aromatic N) is 1. The van der Waals surface area contributed by atoms with Crippen LogP contribution in [0, 0.1) is 11.8 Å². The van der Waals surface area contributed by atoms with Gasteiger partial charge in [0.05, 0.1) is 22.1 Å². The van der Waals surface area contributed by atoms with Crippen molar-refractivity contribution in [1.29, 1.82) is 0 Å². The van der Waals surface area contributed by atoms with Crippen molar-refractivity contribution in [1.82, 2.24) is 10.2 Å². The molecule has 2 saturated heterocycles. The molecule has 0 aromatic heterocycles. The van der Waals surface area contributed by atoms with Crippen molar-refractivity contribution >= 4 is 29.1 Å². The molecule has 2 aliphatic rings. The normalized spacial score (nSPS) is 23.5. The minimum absolute atomic E-state index is 0.0149. The molecule has 132 valence electrons. The summed E-state index contributed by atoms with van der Waals surface area (Å²) in [5.74, 6) is 0.238. The summed E-state index contributed by atoms with van der Waals surface area (Å²) in [7, 11) is 0. The van der Waals surface area contributed by atoms with Gasteiger partial charge in [-0.25, -0.2) is 0 Å². The van der Waals surface area contributed by atoms with Crippen LogP contribution in [-0.2, 0) is 4.79 Å². The van der Waals surface area contributed by atoms with Crippen LogP contribution in [0.2, 0.25) is 10.0 Å². The van der Waals surface area contributed by atoms with Gasteiger partial charge in [0.2, 0.25) is 5.91 Å². The van der Waals surface area contributed by atoms with Crippen LogP contribution in [0.4, 0.5) is 0 Å². The van der Waals surface area contributed by atoms with Gasteiger partial charge in [0.15, 0.2) is 0 Å². The molecule has 1 aromatic carbocycles. The zero-order chi connectivity index (χ0) is 17.3. The standard InChI is InChI=1S/C17H22Cl2N2O3/c18-13-7-12(15(22)8-14(13)19)16(23)10-2-5-21(6-3-10)17(24)11-1-4-20-9-11/h7-8,10-11,16,20,22-23H,1-6,9H2/t11-,16+/m1/s1. The number of phenolic OH excluding ortho intramolecular Hbond substituents is 1. The molecule has 0 bridgehead atoms. The summed E-state index contributed by atoms with van der Waals surface area (Å²) in [6, 6.07) is 2.87. The zero-order valence-electron chi connectivity index (χ0n) is 13.3. The lowest BCUT2D eigenvalue weighted by atomic mass is 9.86. The lowest BCUT2D eigenvalue weighted by Crippen LogP contribution is -2.43. The Morgan fingerprint density at radius 2 is 1.88 bits per heavy atom. The summed E-state index contributed by atoms with van der Waals surface area (Å²) in [4.78, 5) is 14.3. The molecule has 0 aliphatic carbocycles. The lowest BCUT2D eigenvalue weighted by molar-refractivity contribution is -0.137. The molecule has 2 heterocycles. The van der Waals surface area contributed by atoms with Gasteiger partial charge in [-0.2, -0.15) is 0 Å². The van der Waals surface area contributed by atoms with E-state index in [2.05, 4.69) is 5.32 Å². The van der Waals surface area contributed by atoms with E-state index < -0.39 is 6.10 Å². The van der Waals surface area contributed by atoms with Crippen LogP contribution in [0.5, 0.6) is 5.75 Å². The molecular weight excluding hydrogens is 351 g/mol. The van der Waals surface area contributed by atoms with Crippen molar-refractivity contribution in [2.24, 2.45) is 11.8 Å². The van der Waals surface area contributed by atoms with Crippen molar-refractivity contribution in [3.05, 3.63) is 27.7 Å². The minimum Gasteiger partial charge on any atom is -0.508 e. The number of rotatable bonds is 3. The fourth-order valence-corrected chi connectivity index (χ4v) is 3.93. The molecule has 1 amide bonds. The van der Waals surface area contributed by atoms with Crippen molar-refractivity contribution in [2.75, 3.05) is 26.2 Å². The van der Waals surface area contributed by atoms with Gasteiger partial charge in [0, 0.05) is 31.3 Å². The van der Waals surface area contributed by atoms with Gasteiger partial charge in [-0.15, -0.1) is 0 Å². The summed E-state index contributed by atoms with van der Waals surface area (Å²) < 4.78 is 0. The molecule has 0 saturated carbocycles. The number of piperidine rings is 1. The minimum atomic E-state index is -0.815. The van der Waals surface area contributed by atoms with E-state index in [0.717, 1.165) is 19.5 Å². The van der Waals surface area contributed by atoms with Crippen LogP contribution < -0.4 is 5.32 Å². The number of aliphatic hydroxyl groups excluding tert-OH is 1. The Morgan fingerprint density at radius 3 is 2.50 bits per heavy atom. The Labute approximate surface area is 151 Å². The second kappa shape index (κ2) is 7.48. The third kappa shape index (κ3) is 3.64. The summed E-state index contributed by atoms with van der Waals surface area (Å²) >= 11 is 11.9. The highest BCUT2D eigenvalue weighted by molar-refractivity contribution is 6.42. The van der Waals surface area contributed by atoms with Gasteiger partial charge in [-0.1, -0.05) is 23.2 Å². The predicted octanol–water partition coefficient (Wildman–Crippen LogP) is 2.58. The number of hydrogen-bond donors (Lipinski definition) is 3. The summed E-state index contributed by atoms with van der Waals surface area (Å²) in [6.07, 6.45) is 1.49. The van der Waals surface area contributed by atoms with E-state index in [4.69, 9.17) is 23.2 Å². The summed E-state index contributed by atoms with van der Waals surface area (Å²) in [5, 5.41) is 24.4. The van der Waals surface area contributed by atoms with Gasteiger partial charge in [-0.05, 0) is 37.8 Å². The third-order valence-corrected chi connectivity index (χ3v) is 5.82. The topological polar surface area (TPSA) is 72.8 Å². The molecule has 0 unspecified atom stereocenters. The SMILES string of the molecule is O=C([C@@H]1CCNC1)N1CCC([C@H](O)c2cc(Cl)c(Cl)cc2O)CC1. The second-order valence-corrected chi connectivity index (χ2v) is 7.44. The van der Waals surface area contributed by atoms with Crippen LogP contribution >= 0.6 is 23.2 Å². The molecule has 2 aliphatic heterocycles. The maximum absolute atomic E-state index is 12.4. The lowest BCUT2D eigenvalue weighted by Gasteiger charge is -2.35. The number of amides is 1. The molecule has 3 N–H and O–H groups in total.